The van der Waals surface area contributed by atoms with E-state index in [-0.39, 0.29) is 27.8 Å². The summed E-state index contributed by atoms with van der Waals surface area (Å²) in [5, 5.41) is 25.0. The van der Waals surface area contributed by atoms with E-state index in [9.17, 15) is 25.0 Å². The number of nitro benzene ring substituents is 2. The van der Waals surface area contributed by atoms with Crippen molar-refractivity contribution >= 4 is 33.8 Å². The number of nitro groups is 2. The van der Waals surface area contributed by atoms with E-state index in [4.69, 9.17) is 4.74 Å². The molecule has 0 unspecified atom stereocenters. The van der Waals surface area contributed by atoms with Gasteiger partial charge >= 0.3 is 5.69 Å². The number of thiazole rings is 1. The number of nitrogens with one attached hydrogen (secondary N) is 1. The predicted molar refractivity (Wildman–Crippen MR) is 107 cm³/mol. The zero-order valence-corrected chi connectivity index (χ0v) is 16.1. The van der Waals surface area contributed by atoms with Crippen molar-refractivity contribution in [2.75, 3.05) is 12.4 Å². The molecule has 1 aromatic heterocycles. The molecule has 0 saturated carbocycles. The number of methoxy groups -OCH3 is 1. The molecule has 1 amide bonds. The lowest BCUT2D eigenvalue weighted by atomic mass is 10.1. The number of non-ortho nitro benzene ring substituents is 1. The van der Waals surface area contributed by atoms with Gasteiger partial charge in [-0.3, -0.25) is 30.3 Å². The zero-order chi connectivity index (χ0) is 21.1. The highest BCUT2D eigenvalue weighted by molar-refractivity contribution is 7.16. The van der Waals surface area contributed by atoms with Crippen molar-refractivity contribution in [2.45, 2.75) is 6.92 Å². The number of anilines is 1. The van der Waals surface area contributed by atoms with Crippen molar-refractivity contribution in [1.82, 2.24) is 4.98 Å². The lowest BCUT2D eigenvalue weighted by Crippen LogP contribution is -2.11. The maximum absolute atomic E-state index is 12.4. The van der Waals surface area contributed by atoms with Crippen LogP contribution < -0.4 is 10.1 Å². The Morgan fingerprint density at radius 2 is 1.90 bits per heavy atom. The molecule has 3 rings (SSSR count). The van der Waals surface area contributed by atoms with Gasteiger partial charge in [0.25, 0.3) is 11.6 Å². The summed E-state index contributed by atoms with van der Waals surface area (Å²) in [6.45, 7) is 1.77. The average molecular weight is 414 g/mol. The van der Waals surface area contributed by atoms with E-state index in [1.807, 2.05) is 0 Å². The Hall–Kier alpha value is -3.86. The van der Waals surface area contributed by atoms with Gasteiger partial charge in [0.05, 0.1) is 22.7 Å². The Bertz CT molecular complexity index is 1130. The van der Waals surface area contributed by atoms with Gasteiger partial charge < -0.3 is 4.74 Å². The van der Waals surface area contributed by atoms with E-state index < -0.39 is 15.8 Å². The molecule has 1 heterocycles. The van der Waals surface area contributed by atoms with E-state index in [0.717, 1.165) is 4.88 Å². The van der Waals surface area contributed by atoms with Crippen LogP contribution in [0.1, 0.15) is 15.2 Å². The zero-order valence-electron chi connectivity index (χ0n) is 15.2. The predicted octanol–water partition coefficient (Wildman–Crippen LogP) is 4.20. The minimum Gasteiger partial charge on any atom is -0.490 e. The third-order valence-electron chi connectivity index (χ3n) is 3.99. The van der Waals surface area contributed by atoms with Gasteiger partial charge in [-0.2, -0.15) is 0 Å². The molecule has 0 radical (unpaired) electrons. The molecule has 148 valence electrons. The molecular formula is C18H14N4O6S. The number of hydrogen-bond donors (Lipinski definition) is 1. The van der Waals surface area contributed by atoms with Crippen molar-refractivity contribution < 1.29 is 19.4 Å². The number of nitrogens with zero attached hydrogens (tertiary/aromatic N) is 3. The highest BCUT2D eigenvalue weighted by atomic mass is 32.1. The van der Waals surface area contributed by atoms with E-state index in [2.05, 4.69) is 10.3 Å². The van der Waals surface area contributed by atoms with Gasteiger partial charge in [0.1, 0.15) is 0 Å². The van der Waals surface area contributed by atoms with Gasteiger partial charge in [-0.05, 0) is 25.1 Å². The van der Waals surface area contributed by atoms with Crippen LogP contribution in [0.15, 0.2) is 42.5 Å². The average Bonchev–Trinajstić information content (AvgIpc) is 3.07. The van der Waals surface area contributed by atoms with Crippen LogP contribution in [-0.2, 0) is 0 Å². The molecule has 29 heavy (non-hydrogen) atoms. The minimum atomic E-state index is -0.584. The molecule has 0 fully saturated rings. The third kappa shape index (κ3) is 4.19. The smallest absolute Gasteiger partial charge is 0.311 e. The number of carbonyl (C=O) groups excluding carboxylic acids is 1. The summed E-state index contributed by atoms with van der Waals surface area (Å²) in [5.41, 5.74) is 0.713. The maximum Gasteiger partial charge on any atom is 0.311 e. The van der Waals surface area contributed by atoms with Gasteiger partial charge in [0, 0.05) is 34.2 Å². The normalized spacial score (nSPS) is 10.4. The molecule has 2 aromatic carbocycles. The summed E-state index contributed by atoms with van der Waals surface area (Å²) < 4.78 is 5.00. The standard InChI is InChI=1S/C18H14N4O6S/c1-10-16(11-6-7-15(28-2)14(9-11)22(26)27)19-18(29-10)20-17(23)12-4-3-5-13(8-12)21(24)25/h3-9H,1-2H3,(H,19,20,23). The minimum absolute atomic E-state index is 0.119. The van der Waals surface area contributed by atoms with Crippen LogP contribution in [0.4, 0.5) is 16.5 Å². The highest BCUT2D eigenvalue weighted by Crippen LogP contribution is 2.36. The lowest BCUT2D eigenvalue weighted by Gasteiger charge is -2.04. The molecule has 0 aliphatic carbocycles. The summed E-state index contributed by atoms with van der Waals surface area (Å²) in [5.74, 6) is -0.416. The molecule has 1 N–H and O–H groups in total. The van der Waals surface area contributed by atoms with Gasteiger partial charge in [0.2, 0.25) is 0 Å². The van der Waals surface area contributed by atoms with Crippen LogP contribution in [0, 0.1) is 27.2 Å². The summed E-state index contributed by atoms with van der Waals surface area (Å²) >= 11 is 1.19. The number of rotatable bonds is 6. The van der Waals surface area contributed by atoms with Gasteiger partial charge in [-0.25, -0.2) is 4.98 Å². The van der Waals surface area contributed by atoms with E-state index in [1.54, 1.807) is 13.0 Å². The quantitative estimate of drug-likeness (QED) is 0.471. The SMILES string of the molecule is COc1ccc(-c2nc(NC(=O)c3cccc([N+](=O)[O-])c3)sc2C)cc1[N+](=O)[O-]. The van der Waals surface area contributed by atoms with Crippen molar-refractivity contribution in [2.24, 2.45) is 0 Å². The molecule has 0 aliphatic heterocycles. The Labute approximate surface area is 168 Å². The first-order chi connectivity index (χ1) is 13.8. The first-order valence-corrected chi connectivity index (χ1v) is 8.98. The van der Waals surface area contributed by atoms with Crippen LogP contribution in [0.5, 0.6) is 5.75 Å². The largest absolute Gasteiger partial charge is 0.490 e. The van der Waals surface area contributed by atoms with Crippen molar-refractivity contribution in [3.05, 3.63) is 73.1 Å². The molecule has 10 nitrogen and oxygen atoms in total. The van der Waals surface area contributed by atoms with Crippen LogP contribution in [0.3, 0.4) is 0 Å². The second-order valence-corrected chi connectivity index (χ2v) is 7.03. The molecule has 0 saturated heterocycles. The third-order valence-corrected chi connectivity index (χ3v) is 4.87. The summed E-state index contributed by atoms with van der Waals surface area (Å²) in [6.07, 6.45) is 0. The monoisotopic (exact) mass is 414 g/mol. The number of carbonyl (C=O) groups is 1. The fourth-order valence-corrected chi connectivity index (χ4v) is 3.46. The Morgan fingerprint density at radius 1 is 1.14 bits per heavy atom. The molecule has 0 aliphatic rings. The van der Waals surface area contributed by atoms with Crippen molar-refractivity contribution in [1.29, 1.82) is 0 Å². The maximum atomic E-state index is 12.4. The van der Waals surface area contributed by atoms with Gasteiger partial charge in [0.15, 0.2) is 10.9 Å². The molecule has 11 heteroatoms. The van der Waals surface area contributed by atoms with E-state index in [0.29, 0.717) is 11.3 Å². The highest BCUT2D eigenvalue weighted by Gasteiger charge is 2.19. The number of aryl methyl sites for hydroxylation is 1. The fraction of sp³-hybridized carbons (Fsp3) is 0.111. The van der Waals surface area contributed by atoms with Crippen LogP contribution >= 0.6 is 11.3 Å². The van der Waals surface area contributed by atoms with Crippen molar-refractivity contribution in [3.8, 4) is 17.0 Å². The summed E-state index contributed by atoms with van der Waals surface area (Å²) in [6, 6.07) is 9.81. The molecule has 0 bridgehead atoms. The number of aromatic nitrogens is 1. The number of ether oxygens (including phenoxy) is 1. The van der Waals surface area contributed by atoms with Crippen molar-refractivity contribution in [3.63, 3.8) is 0 Å². The summed E-state index contributed by atoms with van der Waals surface area (Å²) in [4.78, 5) is 38.5. The van der Waals surface area contributed by atoms with E-state index >= 15 is 0 Å². The van der Waals surface area contributed by atoms with Crippen LogP contribution in [-0.4, -0.2) is 27.8 Å². The molecule has 0 spiro atoms. The first-order valence-electron chi connectivity index (χ1n) is 8.16. The number of hydrogen-bond acceptors (Lipinski definition) is 8. The number of amides is 1. The molecule has 0 atom stereocenters. The molecular weight excluding hydrogens is 400 g/mol. The number of benzene rings is 2. The Kier molecular flexibility index (Phi) is 5.50. The van der Waals surface area contributed by atoms with E-state index in [1.165, 1.54) is 54.8 Å². The second kappa shape index (κ2) is 8.02. The van der Waals surface area contributed by atoms with Crippen LogP contribution in [0.2, 0.25) is 0 Å². The lowest BCUT2D eigenvalue weighted by molar-refractivity contribution is -0.385. The Balaban J connectivity index is 1.88. The second-order valence-electron chi connectivity index (χ2n) is 5.83. The molecule has 3 aromatic rings. The first kappa shape index (κ1) is 19.9. The summed E-state index contributed by atoms with van der Waals surface area (Å²) in [7, 11) is 1.34. The fourth-order valence-electron chi connectivity index (χ4n) is 2.63. The van der Waals surface area contributed by atoms with Crippen LogP contribution in [0.25, 0.3) is 11.3 Å². The topological polar surface area (TPSA) is 138 Å². The Morgan fingerprint density at radius 3 is 2.55 bits per heavy atom. The van der Waals surface area contributed by atoms with Gasteiger partial charge in [-0.1, -0.05) is 6.07 Å². The van der Waals surface area contributed by atoms with Gasteiger partial charge in [-0.15, -0.1) is 11.3 Å².